The molecule has 0 aliphatic carbocycles. The van der Waals surface area contributed by atoms with Crippen LogP contribution < -0.4 is 9.47 Å². The molecule has 2 heterocycles. The lowest BCUT2D eigenvalue weighted by Crippen LogP contribution is -2.41. The number of morpholine rings is 1. The molecule has 0 radical (unpaired) electrons. The summed E-state index contributed by atoms with van der Waals surface area (Å²) < 4.78 is 16.7. The highest BCUT2D eigenvalue weighted by Crippen LogP contribution is 2.26. The van der Waals surface area contributed by atoms with E-state index in [0.29, 0.717) is 6.54 Å². The molecule has 0 unspecified atom stereocenters. The van der Waals surface area contributed by atoms with Crippen LogP contribution in [0.2, 0.25) is 0 Å². The van der Waals surface area contributed by atoms with Gasteiger partial charge in [0.1, 0.15) is 24.2 Å². The topological polar surface area (TPSA) is 74.6 Å². The van der Waals surface area contributed by atoms with E-state index in [0.717, 1.165) is 75.8 Å². The summed E-state index contributed by atoms with van der Waals surface area (Å²) in [4.78, 5) is 4.52. The molecule has 27 heavy (non-hydrogen) atoms. The van der Waals surface area contributed by atoms with Crippen LogP contribution in [0.25, 0.3) is 0 Å². The Bertz CT molecular complexity index is 571. The van der Waals surface area contributed by atoms with Crippen LogP contribution in [0.15, 0.2) is 18.2 Å². The van der Waals surface area contributed by atoms with Gasteiger partial charge in [0, 0.05) is 44.8 Å². The lowest BCUT2D eigenvalue weighted by atomic mass is 10.1. The van der Waals surface area contributed by atoms with Crippen LogP contribution in [-0.2, 0) is 11.3 Å². The van der Waals surface area contributed by atoms with Crippen molar-refractivity contribution in [1.82, 2.24) is 9.80 Å². The van der Waals surface area contributed by atoms with E-state index in [1.165, 1.54) is 0 Å². The zero-order valence-corrected chi connectivity index (χ0v) is 16.2. The molecule has 0 spiro atoms. The first-order valence-electron chi connectivity index (χ1n) is 9.82. The van der Waals surface area contributed by atoms with E-state index in [-0.39, 0.29) is 12.7 Å². The van der Waals surface area contributed by atoms with Crippen molar-refractivity contribution in [2.24, 2.45) is 0 Å². The first kappa shape index (κ1) is 20.4. The molecule has 0 amide bonds. The third kappa shape index (κ3) is 6.33. The van der Waals surface area contributed by atoms with Crippen molar-refractivity contribution in [3.05, 3.63) is 23.8 Å². The number of ether oxygens (including phenoxy) is 3. The highest BCUT2D eigenvalue weighted by atomic mass is 16.5. The fraction of sp³-hybridized carbons (Fsp3) is 0.700. The first-order valence-corrected chi connectivity index (χ1v) is 9.82. The van der Waals surface area contributed by atoms with Gasteiger partial charge in [0.15, 0.2) is 0 Å². The normalized spacial score (nSPS) is 21.1. The smallest absolute Gasteiger partial charge is 0.124 e. The Hall–Kier alpha value is -1.38. The fourth-order valence-corrected chi connectivity index (χ4v) is 3.59. The van der Waals surface area contributed by atoms with Crippen molar-refractivity contribution >= 4 is 0 Å². The maximum atomic E-state index is 10.4. The van der Waals surface area contributed by atoms with Gasteiger partial charge in [-0.2, -0.15) is 0 Å². The van der Waals surface area contributed by atoms with Crippen LogP contribution in [0.5, 0.6) is 11.5 Å². The third-order valence-electron chi connectivity index (χ3n) is 5.22. The van der Waals surface area contributed by atoms with Gasteiger partial charge in [-0.25, -0.2) is 0 Å². The minimum absolute atomic E-state index is 0.198. The lowest BCUT2D eigenvalue weighted by Gasteiger charge is -2.31. The molecule has 2 fully saturated rings. The van der Waals surface area contributed by atoms with Gasteiger partial charge in [-0.3, -0.25) is 4.90 Å². The quantitative estimate of drug-likeness (QED) is 0.688. The molecular weight excluding hydrogens is 348 g/mol. The summed E-state index contributed by atoms with van der Waals surface area (Å²) in [7, 11) is 1.66. The molecule has 0 saturated carbocycles. The second-order valence-electron chi connectivity index (χ2n) is 7.36. The number of methoxy groups -OCH3 is 1. The molecule has 1 aromatic carbocycles. The number of benzene rings is 1. The summed E-state index contributed by atoms with van der Waals surface area (Å²) >= 11 is 0. The first-order chi connectivity index (χ1) is 13.1. The van der Waals surface area contributed by atoms with Gasteiger partial charge >= 0.3 is 0 Å². The van der Waals surface area contributed by atoms with E-state index in [1.54, 1.807) is 7.11 Å². The molecule has 2 aliphatic heterocycles. The Kier molecular flexibility index (Phi) is 7.72. The van der Waals surface area contributed by atoms with Crippen molar-refractivity contribution < 1.29 is 24.4 Å². The summed E-state index contributed by atoms with van der Waals surface area (Å²) in [5.41, 5.74) is 1.06. The molecule has 1 aromatic rings. The molecular formula is C20H32N2O5. The van der Waals surface area contributed by atoms with Crippen LogP contribution in [0.3, 0.4) is 0 Å². The van der Waals surface area contributed by atoms with Gasteiger partial charge in [-0.05, 0) is 31.0 Å². The number of nitrogens with zero attached hydrogens (tertiary/aromatic N) is 2. The van der Waals surface area contributed by atoms with Crippen molar-refractivity contribution in [1.29, 1.82) is 0 Å². The predicted molar refractivity (Wildman–Crippen MR) is 102 cm³/mol. The van der Waals surface area contributed by atoms with E-state index in [4.69, 9.17) is 14.2 Å². The zero-order chi connectivity index (χ0) is 19.1. The Balaban J connectivity index is 1.54. The Morgan fingerprint density at radius 3 is 2.59 bits per heavy atom. The summed E-state index contributed by atoms with van der Waals surface area (Å²) in [6, 6.07) is 5.80. The third-order valence-corrected chi connectivity index (χ3v) is 5.22. The number of hydrogen-bond donors (Lipinski definition) is 2. The number of aliphatic hydroxyl groups is 2. The molecule has 0 bridgehead atoms. The lowest BCUT2D eigenvalue weighted by molar-refractivity contribution is 0.0300. The van der Waals surface area contributed by atoms with E-state index >= 15 is 0 Å². The van der Waals surface area contributed by atoms with Crippen molar-refractivity contribution in [3.63, 3.8) is 0 Å². The van der Waals surface area contributed by atoms with E-state index in [9.17, 15) is 10.2 Å². The minimum atomic E-state index is -0.557. The van der Waals surface area contributed by atoms with Crippen LogP contribution in [0.1, 0.15) is 18.4 Å². The number of rotatable bonds is 8. The second-order valence-corrected chi connectivity index (χ2v) is 7.36. The standard InChI is InChI=1S/C20H32N2O5/c1-25-19-2-3-20(16(12-19)13-22-8-10-26-11-9-22)27-15-18(24)14-21-6-4-17(23)5-7-21/h2-3,12,17-18,23-24H,4-11,13-15H2,1H3/t18-/m1/s1. The highest BCUT2D eigenvalue weighted by Gasteiger charge is 2.20. The maximum absolute atomic E-state index is 10.4. The summed E-state index contributed by atoms with van der Waals surface area (Å²) in [6.45, 7) is 6.55. The molecule has 1 atom stereocenters. The Morgan fingerprint density at radius 2 is 1.89 bits per heavy atom. The van der Waals surface area contributed by atoms with Gasteiger partial charge in [0.25, 0.3) is 0 Å². The molecule has 7 heteroatoms. The molecule has 7 nitrogen and oxygen atoms in total. The van der Waals surface area contributed by atoms with Gasteiger partial charge in [0.05, 0.1) is 26.4 Å². The molecule has 2 saturated heterocycles. The Morgan fingerprint density at radius 1 is 1.15 bits per heavy atom. The summed E-state index contributed by atoms with van der Waals surface area (Å²) in [6.07, 6.45) is 0.793. The van der Waals surface area contributed by atoms with E-state index < -0.39 is 6.10 Å². The van der Waals surface area contributed by atoms with Crippen LogP contribution in [-0.4, -0.2) is 91.9 Å². The van der Waals surface area contributed by atoms with Crippen LogP contribution in [0.4, 0.5) is 0 Å². The second kappa shape index (κ2) is 10.2. The van der Waals surface area contributed by atoms with Gasteiger partial charge in [-0.15, -0.1) is 0 Å². The highest BCUT2D eigenvalue weighted by molar-refractivity contribution is 5.40. The van der Waals surface area contributed by atoms with E-state index in [2.05, 4.69) is 9.80 Å². The average Bonchev–Trinajstić information content (AvgIpc) is 2.69. The van der Waals surface area contributed by atoms with Crippen molar-refractivity contribution in [3.8, 4) is 11.5 Å². The zero-order valence-electron chi connectivity index (χ0n) is 16.2. The minimum Gasteiger partial charge on any atom is -0.497 e. The fourth-order valence-electron chi connectivity index (χ4n) is 3.59. The average molecular weight is 380 g/mol. The molecule has 3 rings (SSSR count). The molecule has 0 aromatic heterocycles. The largest absolute Gasteiger partial charge is 0.497 e. The number of β-amino-alcohol motifs (C(OH)–C–C–N with tert-alkyl or cyclic N) is 1. The summed E-state index contributed by atoms with van der Waals surface area (Å²) in [5, 5.41) is 19.9. The van der Waals surface area contributed by atoms with Crippen molar-refractivity contribution in [2.45, 2.75) is 31.6 Å². The van der Waals surface area contributed by atoms with Crippen LogP contribution in [0, 0.1) is 0 Å². The number of likely N-dealkylation sites (tertiary alicyclic amines) is 1. The maximum Gasteiger partial charge on any atom is 0.124 e. The number of piperidine rings is 1. The Labute approximate surface area is 161 Å². The van der Waals surface area contributed by atoms with Gasteiger partial charge < -0.3 is 29.3 Å². The number of aliphatic hydroxyl groups excluding tert-OH is 2. The molecule has 2 N–H and O–H groups in total. The van der Waals surface area contributed by atoms with Gasteiger partial charge in [-0.1, -0.05) is 0 Å². The van der Waals surface area contributed by atoms with Crippen LogP contribution >= 0.6 is 0 Å². The monoisotopic (exact) mass is 380 g/mol. The molecule has 152 valence electrons. The van der Waals surface area contributed by atoms with Crippen molar-refractivity contribution in [2.75, 3.05) is 59.7 Å². The van der Waals surface area contributed by atoms with Gasteiger partial charge in [0.2, 0.25) is 0 Å². The van der Waals surface area contributed by atoms with E-state index in [1.807, 2.05) is 18.2 Å². The molecule has 2 aliphatic rings. The predicted octanol–water partition coefficient (Wildman–Crippen LogP) is 0.724. The summed E-state index contributed by atoms with van der Waals surface area (Å²) in [5.74, 6) is 1.59. The SMILES string of the molecule is COc1ccc(OC[C@H](O)CN2CCC(O)CC2)c(CN2CCOCC2)c1. The number of hydrogen-bond acceptors (Lipinski definition) is 7.